The van der Waals surface area contributed by atoms with E-state index in [1.807, 2.05) is 11.3 Å². The summed E-state index contributed by atoms with van der Waals surface area (Å²) in [5, 5.41) is 8.86. The Labute approximate surface area is 257 Å². The average molecular weight is 580 g/mol. The number of hydrogen-bond donors (Lipinski definition) is 0. The number of thiophene rings is 1. The quantitative estimate of drug-likeness (QED) is 0.204. The van der Waals surface area contributed by atoms with Crippen LogP contribution in [0.2, 0.25) is 0 Å². The maximum atomic E-state index is 5.39. The van der Waals surface area contributed by atoms with E-state index in [-0.39, 0.29) is 0 Å². The van der Waals surface area contributed by atoms with E-state index in [9.17, 15) is 0 Å². The third-order valence-corrected chi connectivity index (χ3v) is 11.3. The number of benzene rings is 6. The Bertz CT molecular complexity index is 2710. The number of rotatable bonds is 2. The molecule has 0 radical (unpaired) electrons. The molecule has 0 N–H and O–H groups in total. The highest BCUT2D eigenvalue weighted by Gasteiger charge is 2.23. The number of fused-ring (bicyclic) bond motifs is 11. The number of hydrogen-bond acceptors (Lipinski definition) is 3. The molecule has 206 valence electrons. The van der Waals surface area contributed by atoms with Crippen molar-refractivity contribution in [2.75, 3.05) is 0 Å². The van der Waals surface area contributed by atoms with Gasteiger partial charge in [0.25, 0.3) is 0 Å². The highest BCUT2D eigenvalue weighted by atomic mass is 32.1. The molecule has 0 saturated heterocycles. The van der Waals surface area contributed by atoms with Gasteiger partial charge in [-0.3, -0.25) is 4.57 Å². The topological polar surface area (TPSA) is 30.7 Å². The van der Waals surface area contributed by atoms with Gasteiger partial charge in [-0.15, -0.1) is 11.3 Å². The molecule has 0 fully saturated rings. The molecular weight excluding hydrogens is 555 g/mol. The summed E-state index contributed by atoms with van der Waals surface area (Å²) in [5.41, 5.74) is 11.4. The van der Waals surface area contributed by atoms with Gasteiger partial charge in [0.1, 0.15) is 0 Å². The lowest BCUT2D eigenvalue weighted by Gasteiger charge is -2.20. The van der Waals surface area contributed by atoms with E-state index < -0.39 is 0 Å². The highest BCUT2D eigenvalue weighted by molar-refractivity contribution is 7.25. The van der Waals surface area contributed by atoms with Crippen LogP contribution >= 0.6 is 11.3 Å². The lowest BCUT2D eigenvalue weighted by Crippen LogP contribution is -2.08. The molecule has 6 aromatic carbocycles. The minimum atomic E-state index is 0.723. The molecule has 2 aliphatic rings. The zero-order valence-electron chi connectivity index (χ0n) is 23.9. The van der Waals surface area contributed by atoms with Crippen molar-refractivity contribution in [1.29, 1.82) is 0 Å². The summed E-state index contributed by atoms with van der Waals surface area (Å²) in [6, 6.07) is 38.1. The first kappa shape index (κ1) is 23.4. The van der Waals surface area contributed by atoms with Crippen molar-refractivity contribution in [3.63, 3.8) is 0 Å². The molecule has 11 rings (SSSR count). The molecule has 3 nitrogen and oxygen atoms in total. The van der Waals surface area contributed by atoms with Crippen LogP contribution in [0.25, 0.3) is 80.9 Å². The second-order valence-corrected chi connectivity index (χ2v) is 13.6. The van der Waals surface area contributed by atoms with Crippen LogP contribution in [0.4, 0.5) is 0 Å². The zero-order chi connectivity index (χ0) is 28.5. The van der Waals surface area contributed by atoms with Crippen molar-refractivity contribution >= 4 is 75.0 Å². The van der Waals surface area contributed by atoms with Gasteiger partial charge in [0.2, 0.25) is 5.95 Å². The molecule has 0 atom stereocenters. The summed E-state index contributed by atoms with van der Waals surface area (Å²) in [6.07, 6.45) is 4.72. The largest absolute Gasteiger partial charge is 0.277 e. The van der Waals surface area contributed by atoms with Crippen molar-refractivity contribution in [3.8, 4) is 17.2 Å². The lowest BCUT2D eigenvalue weighted by atomic mass is 9.86. The van der Waals surface area contributed by atoms with Crippen LogP contribution in [-0.2, 0) is 25.7 Å². The molecule has 0 bridgehead atoms. The summed E-state index contributed by atoms with van der Waals surface area (Å²) in [4.78, 5) is 10.7. The molecule has 0 amide bonds. The number of para-hydroxylation sites is 1. The fourth-order valence-electron chi connectivity index (χ4n) is 7.68. The number of nitrogens with zero attached hydrogens (tertiary/aromatic N) is 3. The zero-order valence-corrected chi connectivity index (χ0v) is 24.7. The summed E-state index contributed by atoms with van der Waals surface area (Å²) >= 11 is 1.93. The van der Waals surface area contributed by atoms with E-state index in [1.54, 1.807) is 0 Å². The third kappa shape index (κ3) is 3.06. The normalized spacial score (nSPS) is 14.0. The molecule has 0 spiro atoms. The molecule has 0 aliphatic heterocycles. The summed E-state index contributed by atoms with van der Waals surface area (Å²) in [5.74, 6) is 0.723. The molecular formula is C40H25N3S. The fourth-order valence-corrected chi connectivity index (χ4v) is 8.85. The lowest BCUT2D eigenvalue weighted by molar-refractivity contribution is 0.844. The van der Waals surface area contributed by atoms with E-state index in [2.05, 4.69) is 108 Å². The van der Waals surface area contributed by atoms with Crippen molar-refractivity contribution in [3.05, 3.63) is 125 Å². The Morgan fingerprint density at radius 1 is 0.523 bits per heavy atom. The van der Waals surface area contributed by atoms with Crippen LogP contribution in [0.1, 0.15) is 22.3 Å². The first-order valence-corrected chi connectivity index (χ1v) is 16.3. The van der Waals surface area contributed by atoms with E-state index in [4.69, 9.17) is 9.97 Å². The highest BCUT2D eigenvalue weighted by Crippen LogP contribution is 2.44. The minimum Gasteiger partial charge on any atom is -0.277 e. The molecule has 9 aromatic rings. The van der Waals surface area contributed by atoms with Gasteiger partial charge >= 0.3 is 0 Å². The monoisotopic (exact) mass is 579 g/mol. The smallest absolute Gasteiger partial charge is 0.235 e. The van der Waals surface area contributed by atoms with Crippen molar-refractivity contribution in [2.24, 2.45) is 0 Å². The van der Waals surface area contributed by atoms with Crippen molar-refractivity contribution in [2.45, 2.75) is 25.7 Å². The molecule has 0 unspecified atom stereocenters. The van der Waals surface area contributed by atoms with Gasteiger partial charge in [0.15, 0.2) is 0 Å². The molecule has 3 aromatic heterocycles. The standard InChI is InChI=1S/C40H25N3S/c1-2-6-22(7-3-1)38-29-8-4-5-9-34(29)41-40(42-38)43-35-20-33-32-18-25-12-13-26(25)19-36(32)44-37(33)21-31(35)28-15-14-27-16-23-10-11-24(23)17-30(27)39(28)43/h1-9,14-21H,10-13H2. The van der Waals surface area contributed by atoms with Gasteiger partial charge in [0, 0.05) is 47.3 Å². The van der Waals surface area contributed by atoms with Gasteiger partial charge in [-0.1, -0.05) is 66.7 Å². The van der Waals surface area contributed by atoms with Crippen LogP contribution in [-0.4, -0.2) is 14.5 Å². The van der Waals surface area contributed by atoms with Gasteiger partial charge in [-0.25, -0.2) is 9.97 Å². The summed E-state index contributed by atoms with van der Waals surface area (Å²) < 4.78 is 5.10. The van der Waals surface area contributed by atoms with Crippen LogP contribution in [0, 0.1) is 0 Å². The van der Waals surface area contributed by atoms with Crippen LogP contribution in [0.3, 0.4) is 0 Å². The molecule has 3 heterocycles. The van der Waals surface area contributed by atoms with E-state index in [0.717, 1.165) is 34.5 Å². The van der Waals surface area contributed by atoms with Crippen molar-refractivity contribution < 1.29 is 0 Å². The van der Waals surface area contributed by atoms with Gasteiger partial charge in [0.05, 0.1) is 22.2 Å². The Kier molecular flexibility index (Phi) is 4.42. The second-order valence-electron chi connectivity index (χ2n) is 12.5. The van der Waals surface area contributed by atoms with Crippen LogP contribution < -0.4 is 0 Å². The predicted molar refractivity (Wildman–Crippen MR) is 185 cm³/mol. The first-order chi connectivity index (χ1) is 21.8. The summed E-state index contributed by atoms with van der Waals surface area (Å²) in [7, 11) is 0. The van der Waals surface area contributed by atoms with Crippen molar-refractivity contribution in [1.82, 2.24) is 14.5 Å². The second kappa shape index (κ2) is 8.31. The maximum absolute atomic E-state index is 5.39. The number of aromatic nitrogens is 3. The Morgan fingerprint density at radius 3 is 2.07 bits per heavy atom. The molecule has 44 heavy (non-hydrogen) atoms. The van der Waals surface area contributed by atoms with Crippen LogP contribution in [0.5, 0.6) is 0 Å². The molecule has 4 heteroatoms. The Hall–Kier alpha value is -5.06. The van der Waals surface area contributed by atoms with Gasteiger partial charge in [-0.05, 0) is 89.7 Å². The van der Waals surface area contributed by atoms with Gasteiger partial charge < -0.3 is 0 Å². The predicted octanol–water partition coefficient (Wildman–Crippen LogP) is 10.1. The molecule has 2 aliphatic carbocycles. The fraction of sp³-hybridized carbons (Fsp3) is 0.100. The Balaban J connectivity index is 1.32. The van der Waals surface area contributed by atoms with Crippen LogP contribution in [0.15, 0.2) is 103 Å². The van der Waals surface area contributed by atoms with E-state index in [0.29, 0.717) is 0 Å². The van der Waals surface area contributed by atoms with E-state index in [1.165, 1.54) is 94.3 Å². The third-order valence-electron chi connectivity index (χ3n) is 10.1. The summed E-state index contributed by atoms with van der Waals surface area (Å²) in [6.45, 7) is 0. The molecule has 0 saturated carbocycles. The Morgan fingerprint density at radius 2 is 1.23 bits per heavy atom. The minimum absolute atomic E-state index is 0.723. The number of aryl methyl sites for hydroxylation is 4. The SMILES string of the molecule is c1ccc(-c2nc(-n3c4cc5c(cc4c4ccc6cc7c(cc6c43)CC7)sc3cc4c(cc35)CC4)nc3ccccc23)cc1. The van der Waals surface area contributed by atoms with Gasteiger partial charge in [-0.2, -0.15) is 0 Å². The first-order valence-electron chi connectivity index (χ1n) is 15.5. The maximum Gasteiger partial charge on any atom is 0.235 e. The van der Waals surface area contributed by atoms with E-state index >= 15 is 0 Å². The average Bonchev–Trinajstić information content (AvgIpc) is 3.55.